The number of nitrogens with one attached hydrogen (secondary N) is 2. The van der Waals surface area contributed by atoms with Crippen molar-refractivity contribution < 1.29 is 14.3 Å². The van der Waals surface area contributed by atoms with Gasteiger partial charge in [0.15, 0.2) is 0 Å². The van der Waals surface area contributed by atoms with E-state index in [1.807, 2.05) is 0 Å². The van der Waals surface area contributed by atoms with Crippen molar-refractivity contribution in [1.82, 2.24) is 15.5 Å². The molecule has 1 rings (SSSR count). The van der Waals surface area contributed by atoms with E-state index in [-0.39, 0.29) is 17.9 Å². The molecule has 0 aromatic carbocycles. The number of rotatable bonds is 32. The fourth-order valence-corrected chi connectivity index (χ4v) is 6.96. The van der Waals surface area contributed by atoms with Crippen LogP contribution in [0.3, 0.4) is 0 Å². The SMILES string of the molecule is CCCCCCCCCCCCCCCCCCNC(=O)C(CCCOC(=O)CCC(C)CCCCC)NC1CCN(C(C)C)CC1. The summed E-state index contributed by atoms with van der Waals surface area (Å²) in [4.78, 5) is 28.1. The van der Waals surface area contributed by atoms with Gasteiger partial charge in [0.1, 0.15) is 0 Å². The normalized spacial score (nSPS) is 15.6. The molecular weight excluding hydrogens is 582 g/mol. The van der Waals surface area contributed by atoms with Crippen LogP contribution in [-0.2, 0) is 14.3 Å². The van der Waals surface area contributed by atoms with Crippen LogP contribution >= 0.6 is 0 Å². The molecule has 0 bridgehead atoms. The fourth-order valence-electron chi connectivity index (χ4n) is 6.96. The van der Waals surface area contributed by atoms with Crippen molar-refractivity contribution >= 4 is 11.9 Å². The quantitative estimate of drug-likeness (QED) is 0.0554. The van der Waals surface area contributed by atoms with E-state index in [0.29, 0.717) is 43.9 Å². The van der Waals surface area contributed by atoms with Crippen molar-refractivity contribution in [2.24, 2.45) is 5.92 Å². The summed E-state index contributed by atoms with van der Waals surface area (Å²) < 4.78 is 5.57. The first-order valence-corrected chi connectivity index (χ1v) is 20.8. The predicted octanol–water partition coefficient (Wildman–Crippen LogP) is 10.5. The lowest BCUT2D eigenvalue weighted by atomic mass is 9.98. The van der Waals surface area contributed by atoms with Crippen LogP contribution in [0.25, 0.3) is 0 Å². The third kappa shape index (κ3) is 25.5. The second kappa shape index (κ2) is 30.9. The van der Waals surface area contributed by atoms with Gasteiger partial charge in [-0.25, -0.2) is 0 Å². The molecule has 1 aliphatic rings. The van der Waals surface area contributed by atoms with E-state index >= 15 is 0 Å². The van der Waals surface area contributed by atoms with Crippen molar-refractivity contribution in [2.45, 2.75) is 220 Å². The maximum absolute atomic E-state index is 13.3. The predicted molar refractivity (Wildman–Crippen MR) is 202 cm³/mol. The summed E-state index contributed by atoms with van der Waals surface area (Å²) >= 11 is 0. The van der Waals surface area contributed by atoms with Gasteiger partial charge in [-0.15, -0.1) is 0 Å². The number of carbonyl (C=O) groups excluding carboxylic acids is 2. The molecule has 1 heterocycles. The smallest absolute Gasteiger partial charge is 0.305 e. The van der Waals surface area contributed by atoms with Crippen molar-refractivity contribution in [1.29, 1.82) is 0 Å². The van der Waals surface area contributed by atoms with Crippen molar-refractivity contribution in [3.05, 3.63) is 0 Å². The number of hydrogen-bond donors (Lipinski definition) is 2. The highest BCUT2D eigenvalue weighted by Crippen LogP contribution is 2.17. The van der Waals surface area contributed by atoms with Gasteiger partial charge in [-0.1, -0.05) is 143 Å². The molecule has 47 heavy (non-hydrogen) atoms. The molecule has 0 radical (unpaired) electrons. The maximum atomic E-state index is 13.3. The van der Waals surface area contributed by atoms with Gasteiger partial charge in [0, 0.05) is 25.0 Å². The molecule has 0 aromatic rings. The van der Waals surface area contributed by atoms with Crippen LogP contribution in [0.15, 0.2) is 0 Å². The largest absolute Gasteiger partial charge is 0.466 e. The van der Waals surface area contributed by atoms with Crippen molar-refractivity contribution in [3.63, 3.8) is 0 Å². The number of nitrogens with zero attached hydrogens (tertiary/aromatic N) is 1. The third-order valence-corrected chi connectivity index (χ3v) is 10.4. The van der Waals surface area contributed by atoms with Crippen LogP contribution in [0, 0.1) is 5.92 Å². The Kier molecular flexibility index (Phi) is 28.8. The monoisotopic (exact) mass is 664 g/mol. The molecule has 0 saturated carbocycles. The number of carbonyl (C=O) groups is 2. The molecule has 1 saturated heterocycles. The van der Waals surface area contributed by atoms with Gasteiger partial charge in [0.2, 0.25) is 5.91 Å². The zero-order chi connectivity index (χ0) is 34.4. The van der Waals surface area contributed by atoms with Crippen molar-refractivity contribution in [3.8, 4) is 0 Å². The molecular formula is C41H81N3O3. The van der Waals surface area contributed by atoms with Crippen LogP contribution in [0.5, 0.6) is 0 Å². The Morgan fingerprint density at radius 1 is 0.660 bits per heavy atom. The minimum Gasteiger partial charge on any atom is -0.466 e. The van der Waals surface area contributed by atoms with Crippen LogP contribution in [-0.4, -0.2) is 61.1 Å². The number of esters is 1. The highest BCUT2D eigenvalue weighted by Gasteiger charge is 2.26. The summed E-state index contributed by atoms with van der Waals surface area (Å²) in [5, 5.41) is 6.93. The molecule has 2 atom stereocenters. The average Bonchev–Trinajstić information content (AvgIpc) is 3.06. The minimum atomic E-state index is -0.219. The molecule has 1 fully saturated rings. The summed E-state index contributed by atoms with van der Waals surface area (Å²) in [6.07, 6.45) is 31.6. The van der Waals surface area contributed by atoms with Gasteiger partial charge in [-0.2, -0.15) is 0 Å². The van der Waals surface area contributed by atoms with Gasteiger partial charge in [0.05, 0.1) is 12.6 Å². The number of unbranched alkanes of at least 4 members (excludes halogenated alkanes) is 17. The Balaban J connectivity index is 2.23. The Labute approximate surface area is 293 Å². The minimum absolute atomic E-state index is 0.0918. The first kappa shape index (κ1) is 43.9. The van der Waals surface area contributed by atoms with Crippen LogP contribution in [0.2, 0.25) is 0 Å². The second-order valence-corrected chi connectivity index (χ2v) is 15.2. The van der Waals surface area contributed by atoms with Gasteiger partial charge in [0.25, 0.3) is 0 Å². The van der Waals surface area contributed by atoms with Gasteiger partial charge >= 0.3 is 5.97 Å². The molecule has 0 aliphatic carbocycles. The average molecular weight is 664 g/mol. The molecule has 1 aliphatic heterocycles. The summed E-state index contributed by atoms with van der Waals surface area (Å²) in [5.74, 6) is 0.596. The molecule has 2 N–H and O–H groups in total. The summed E-state index contributed by atoms with van der Waals surface area (Å²) in [7, 11) is 0. The molecule has 278 valence electrons. The zero-order valence-corrected chi connectivity index (χ0v) is 32.2. The highest BCUT2D eigenvalue weighted by molar-refractivity contribution is 5.81. The lowest BCUT2D eigenvalue weighted by molar-refractivity contribution is -0.144. The Bertz CT molecular complexity index is 723. The van der Waals surface area contributed by atoms with E-state index in [9.17, 15) is 9.59 Å². The highest BCUT2D eigenvalue weighted by atomic mass is 16.5. The first-order valence-electron chi connectivity index (χ1n) is 20.8. The summed E-state index contributed by atoms with van der Waals surface area (Å²) in [6, 6.07) is 0.723. The standard InChI is InChI=1S/C41H81N3O3/c1-6-8-10-11-12-13-14-15-16-17-18-19-20-21-22-24-32-42-41(46)39(43-38-30-33-44(34-31-38)36(3)4)27-25-35-47-40(45)29-28-37(5)26-23-9-7-2/h36-39,43H,6-35H2,1-5H3,(H,42,46). The van der Waals surface area contributed by atoms with Gasteiger partial charge in [-0.05, 0) is 71.4 Å². The molecule has 2 unspecified atom stereocenters. The van der Waals surface area contributed by atoms with Crippen molar-refractivity contribution in [2.75, 3.05) is 26.2 Å². The Hall–Kier alpha value is -1.14. The summed E-state index contributed by atoms with van der Waals surface area (Å²) in [5.41, 5.74) is 0. The lowest BCUT2D eigenvalue weighted by Gasteiger charge is -2.36. The molecule has 0 aromatic heterocycles. The van der Waals surface area contributed by atoms with E-state index < -0.39 is 0 Å². The van der Waals surface area contributed by atoms with Gasteiger partial charge < -0.3 is 20.3 Å². The maximum Gasteiger partial charge on any atom is 0.305 e. The Morgan fingerprint density at radius 2 is 1.17 bits per heavy atom. The zero-order valence-electron chi connectivity index (χ0n) is 32.2. The van der Waals surface area contributed by atoms with E-state index in [0.717, 1.165) is 45.3 Å². The lowest BCUT2D eigenvalue weighted by Crippen LogP contribution is -2.52. The number of hydrogen-bond acceptors (Lipinski definition) is 5. The second-order valence-electron chi connectivity index (χ2n) is 15.2. The molecule has 1 amide bonds. The van der Waals surface area contributed by atoms with Gasteiger partial charge in [-0.3, -0.25) is 9.59 Å². The fraction of sp³-hybridized carbons (Fsp3) is 0.951. The first-order chi connectivity index (χ1) is 22.9. The van der Waals surface area contributed by atoms with Crippen LogP contribution in [0.1, 0.15) is 202 Å². The molecule has 6 nitrogen and oxygen atoms in total. The third-order valence-electron chi connectivity index (χ3n) is 10.4. The van der Waals surface area contributed by atoms with Crippen LogP contribution in [0.4, 0.5) is 0 Å². The Morgan fingerprint density at radius 3 is 1.70 bits per heavy atom. The van der Waals surface area contributed by atoms with E-state index in [1.54, 1.807) is 0 Å². The number of likely N-dealkylation sites (tertiary alicyclic amines) is 1. The van der Waals surface area contributed by atoms with E-state index in [4.69, 9.17) is 4.74 Å². The van der Waals surface area contributed by atoms with E-state index in [2.05, 4.69) is 50.2 Å². The molecule has 0 spiro atoms. The number of amides is 1. The summed E-state index contributed by atoms with van der Waals surface area (Å²) in [6.45, 7) is 14.6. The number of piperidine rings is 1. The van der Waals surface area contributed by atoms with Crippen LogP contribution < -0.4 is 10.6 Å². The topological polar surface area (TPSA) is 70.7 Å². The molecule has 6 heteroatoms. The number of ether oxygens (including phenoxy) is 1. The van der Waals surface area contributed by atoms with E-state index in [1.165, 1.54) is 122 Å².